The number of rotatable bonds is 7. The molecule has 0 fully saturated rings. The van der Waals surface area contributed by atoms with Crippen molar-refractivity contribution < 1.29 is 59.2 Å². The molecule has 0 aliphatic carbocycles. The Balaban J connectivity index is 0.000000829. The average molecular weight is 679 g/mol. The van der Waals surface area contributed by atoms with Crippen LogP contribution in [0.2, 0.25) is 0 Å². The number of non-ortho nitro benzene ring substituents is 1. The van der Waals surface area contributed by atoms with Gasteiger partial charge in [-0.2, -0.15) is 0 Å². The first-order valence-corrected chi connectivity index (χ1v) is 12.7. The number of benzene rings is 3. The second-order valence-electron chi connectivity index (χ2n) is 9.08. The molecule has 12 nitrogen and oxygen atoms in total. The fourth-order valence-corrected chi connectivity index (χ4v) is 4.00. The van der Waals surface area contributed by atoms with E-state index in [1.165, 1.54) is 12.1 Å². The van der Waals surface area contributed by atoms with Gasteiger partial charge in [0.05, 0.1) is 12.1 Å². The predicted octanol–water partition coefficient (Wildman–Crippen LogP) is 0.856. The molecule has 3 aromatic carbocycles. The van der Waals surface area contributed by atoms with E-state index in [1.807, 2.05) is 60.7 Å². The Morgan fingerprint density at radius 1 is 0.814 bits per heavy atom. The average Bonchev–Trinajstić information content (AvgIpc) is 3.59. The fourth-order valence-electron chi connectivity index (χ4n) is 4.00. The number of nitro groups is 1. The molecule has 0 unspecified atom stereocenters. The number of nitro benzene ring substituents is 1. The van der Waals surface area contributed by atoms with E-state index >= 15 is 0 Å². The van der Waals surface area contributed by atoms with E-state index in [0.717, 1.165) is 37.8 Å². The SMILES string of the molecule is CC(=O)[O-].CC(=O)[O-].O.O=[N+]([O-])c1cc(C2=N[C@@H](Cc3ccccc3)CO2)[c-]c(C2=N[C@@H](Cc3ccccc3)CO2)c1.[Rh+3]. The number of carbonyl (C=O) groups is 2. The molecule has 0 radical (unpaired) electrons. The molecule has 0 saturated carbocycles. The van der Waals surface area contributed by atoms with Gasteiger partial charge in [-0.15, -0.1) is 6.07 Å². The third kappa shape index (κ3) is 12.5. The molecule has 0 spiro atoms. The number of nitrogens with zero attached hydrogens (tertiary/aromatic N) is 3. The topological polar surface area (TPSA) is 198 Å². The summed E-state index contributed by atoms with van der Waals surface area (Å²) in [5.41, 5.74) is 3.13. The quantitative estimate of drug-likeness (QED) is 0.152. The molecule has 228 valence electrons. The molecule has 2 N–H and O–H groups in total. The maximum atomic E-state index is 11.6. The molecule has 3 aromatic rings. The monoisotopic (exact) mass is 679 g/mol. The van der Waals surface area contributed by atoms with Crippen molar-refractivity contribution >= 4 is 29.4 Å². The molecule has 2 aliphatic heterocycles. The molecule has 5 rings (SSSR count). The summed E-state index contributed by atoms with van der Waals surface area (Å²) in [7, 11) is 0. The van der Waals surface area contributed by atoms with Crippen LogP contribution in [-0.2, 0) is 51.4 Å². The summed E-state index contributed by atoms with van der Waals surface area (Å²) >= 11 is 0. The maximum Gasteiger partial charge on any atom is 3.00 e. The molecule has 2 heterocycles. The van der Waals surface area contributed by atoms with Crippen LogP contribution in [0.15, 0.2) is 82.8 Å². The summed E-state index contributed by atoms with van der Waals surface area (Å²) < 4.78 is 11.6. The van der Waals surface area contributed by atoms with Crippen molar-refractivity contribution in [3.63, 3.8) is 0 Å². The van der Waals surface area contributed by atoms with Gasteiger partial charge in [-0.05, 0) is 49.9 Å². The zero-order valence-corrected chi connectivity index (χ0v) is 25.0. The zero-order valence-electron chi connectivity index (χ0n) is 23.4. The number of aliphatic imine (C=N–C) groups is 2. The molecule has 2 atom stereocenters. The van der Waals surface area contributed by atoms with E-state index in [9.17, 15) is 10.1 Å². The molecule has 0 saturated heterocycles. The number of carbonyl (C=O) groups excluding carboxylic acids is 2. The zero-order chi connectivity index (χ0) is 29.8. The Morgan fingerprint density at radius 3 is 1.49 bits per heavy atom. The smallest absolute Gasteiger partial charge is 0.550 e. The minimum absolute atomic E-state index is 0. The van der Waals surface area contributed by atoms with Gasteiger partial charge in [0.2, 0.25) is 5.69 Å². The van der Waals surface area contributed by atoms with E-state index in [0.29, 0.717) is 36.1 Å². The van der Waals surface area contributed by atoms with Crippen LogP contribution in [0.5, 0.6) is 0 Å². The predicted molar refractivity (Wildman–Crippen MR) is 150 cm³/mol. The van der Waals surface area contributed by atoms with E-state index in [1.54, 1.807) is 0 Å². The normalized spacial score (nSPS) is 16.0. The third-order valence-electron chi connectivity index (χ3n) is 5.58. The number of carboxylic acid groups (broad SMARTS) is 2. The van der Waals surface area contributed by atoms with Crippen LogP contribution in [0.4, 0.5) is 5.69 Å². The van der Waals surface area contributed by atoms with Crippen molar-refractivity contribution in [3.8, 4) is 0 Å². The van der Waals surface area contributed by atoms with E-state index < -0.39 is 16.9 Å². The van der Waals surface area contributed by atoms with Gasteiger partial charge >= 0.3 is 19.5 Å². The Morgan fingerprint density at radius 2 is 1.16 bits per heavy atom. The van der Waals surface area contributed by atoms with Gasteiger partial charge in [0.15, 0.2) is 0 Å². The van der Waals surface area contributed by atoms with Crippen LogP contribution in [0, 0.1) is 16.2 Å². The molecule has 13 heteroatoms. The number of ether oxygens (including phenoxy) is 2. The first-order chi connectivity index (χ1) is 19.6. The number of hydrogen-bond donors (Lipinski definition) is 0. The maximum absolute atomic E-state index is 11.6. The van der Waals surface area contributed by atoms with Crippen LogP contribution >= 0.6 is 0 Å². The Kier molecular flexibility index (Phi) is 15.4. The van der Waals surface area contributed by atoms with Gasteiger partial charge in [0.25, 0.3) is 0 Å². The minimum atomic E-state index is -1.08. The summed E-state index contributed by atoms with van der Waals surface area (Å²) in [6, 6.07) is 26.0. The summed E-state index contributed by atoms with van der Waals surface area (Å²) in [6.45, 7) is 2.79. The van der Waals surface area contributed by atoms with Gasteiger partial charge in [-0.1, -0.05) is 71.8 Å². The van der Waals surface area contributed by atoms with Crippen molar-refractivity contribution in [2.75, 3.05) is 13.2 Å². The van der Waals surface area contributed by atoms with Crippen LogP contribution in [-0.4, -0.2) is 59.4 Å². The standard InChI is InChI=1S/C26H22N3O4.2C2H4O2.H2O.Rh/c30-29(31)24-14-20(25-27-22(16-32-25)11-18-7-3-1-4-8-18)13-21(15-24)26-28-23(17-33-26)12-19-9-5-2-6-10-19;2*1-2(3)4;;/h1-10,14-15,22-23H,11-12,16-17H2;2*1H3,(H,3,4);1H2;/q-1;;;;+3/p-2/t22-,23-;;;;/m0..../s1. The summed E-state index contributed by atoms with van der Waals surface area (Å²) in [5.74, 6) is -1.44. The molecule has 43 heavy (non-hydrogen) atoms. The van der Waals surface area contributed by atoms with Gasteiger partial charge in [-0.25, -0.2) is 0 Å². The van der Waals surface area contributed by atoms with Crippen LogP contribution < -0.4 is 10.2 Å². The third-order valence-corrected chi connectivity index (χ3v) is 5.58. The molecule has 0 aromatic heterocycles. The van der Waals surface area contributed by atoms with Gasteiger partial charge < -0.3 is 34.8 Å². The first-order valence-electron chi connectivity index (χ1n) is 12.7. The van der Waals surface area contributed by atoms with Crippen LogP contribution in [0.25, 0.3) is 0 Å². The molecular weight excluding hydrogens is 649 g/mol. The van der Waals surface area contributed by atoms with Crippen molar-refractivity contribution in [1.82, 2.24) is 0 Å². The number of hydrogen-bond acceptors (Lipinski definition) is 10. The molecule has 2 aliphatic rings. The van der Waals surface area contributed by atoms with E-state index in [2.05, 4.69) is 16.1 Å². The van der Waals surface area contributed by atoms with Crippen LogP contribution in [0.3, 0.4) is 0 Å². The Bertz CT molecular complexity index is 1310. The number of carboxylic acids is 2. The van der Waals surface area contributed by atoms with Crippen LogP contribution in [0.1, 0.15) is 36.1 Å². The summed E-state index contributed by atoms with van der Waals surface area (Å²) in [6.07, 6.45) is 1.48. The van der Waals surface area contributed by atoms with Crippen molar-refractivity contribution in [1.29, 1.82) is 0 Å². The Hall–Kier alpha value is -4.48. The second kappa shape index (κ2) is 18.1. The largest absolute Gasteiger partial charge is 3.00 e. The van der Waals surface area contributed by atoms with Crippen molar-refractivity contribution in [2.45, 2.75) is 38.8 Å². The molecular formula is C30H30N3O9Rh. The minimum Gasteiger partial charge on any atom is -0.550 e. The van der Waals surface area contributed by atoms with Crippen molar-refractivity contribution in [3.05, 3.63) is 111 Å². The number of aliphatic carboxylic acids is 2. The van der Waals surface area contributed by atoms with E-state index in [4.69, 9.17) is 29.3 Å². The molecule has 0 bridgehead atoms. The van der Waals surface area contributed by atoms with Gasteiger partial charge in [0, 0.05) is 16.9 Å². The fraction of sp³-hybridized carbons (Fsp3) is 0.267. The molecule has 0 amide bonds. The Labute approximate surface area is 261 Å². The van der Waals surface area contributed by atoms with E-state index in [-0.39, 0.29) is 42.7 Å². The second-order valence-corrected chi connectivity index (χ2v) is 9.08. The van der Waals surface area contributed by atoms with Gasteiger partial charge in [0.1, 0.15) is 25.0 Å². The van der Waals surface area contributed by atoms with Crippen molar-refractivity contribution in [2.24, 2.45) is 9.98 Å². The first kappa shape index (κ1) is 36.5. The van der Waals surface area contributed by atoms with Gasteiger partial charge in [-0.3, -0.25) is 20.1 Å². The summed E-state index contributed by atoms with van der Waals surface area (Å²) in [4.78, 5) is 38.2. The summed E-state index contributed by atoms with van der Waals surface area (Å²) in [5, 5.41) is 29.4.